The van der Waals surface area contributed by atoms with E-state index in [-0.39, 0.29) is 29.9 Å². The van der Waals surface area contributed by atoms with Gasteiger partial charge in [-0.15, -0.1) is 35.3 Å². The Morgan fingerprint density at radius 3 is 2.47 bits per heavy atom. The zero-order valence-corrected chi connectivity index (χ0v) is 20.6. The van der Waals surface area contributed by atoms with Gasteiger partial charge < -0.3 is 16.0 Å². The molecule has 1 amide bonds. The van der Waals surface area contributed by atoms with E-state index in [1.165, 1.54) is 29.7 Å². The van der Waals surface area contributed by atoms with Gasteiger partial charge in [-0.05, 0) is 49.4 Å². The number of guanidine groups is 1. The van der Waals surface area contributed by atoms with E-state index in [1.807, 2.05) is 17.5 Å². The predicted molar refractivity (Wildman–Crippen MR) is 136 cm³/mol. The molecule has 0 bridgehead atoms. The summed E-state index contributed by atoms with van der Waals surface area (Å²) < 4.78 is 0. The number of hydrogen-bond acceptors (Lipinski definition) is 4. The lowest BCUT2D eigenvalue weighted by Crippen LogP contribution is -2.43. The van der Waals surface area contributed by atoms with E-state index in [4.69, 9.17) is 0 Å². The monoisotopic (exact) mass is 541 g/mol. The van der Waals surface area contributed by atoms with Gasteiger partial charge in [-0.25, -0.2) is 0 Å². The molecule has 3 N–H and O–H groups in total. The van der Waals surface area contributed by atoms with Crippen molar-refractivity contribution in [1.82, 2.24) is 20.9 Å². The van der Waals surface area contributed by atoms with Crippen molar-refractivity contribution in [3.8, 4) is 0 Å². The number of halogens is 1. The highest BCUT2D eigenvalue weighted by Crippen LogP contribution is 2.24. The van der Waals surface area contributed by atoms with Crippen LogP contribution in [0.3, 0.4) is 0 Å². The molecule has 1 aliphatic heterocycles. The van der Waals surface area contributed by atoms with Gasteiger partial charge in [0.05, 0.1) is 10.9 Å². The van der Waals surface area contributed by atoms with Gasteiger partial charge in [0.15, 0.2) is 5.96 Å². The average Bonchev–Trinajstić information content (AvgIpc) is 3.47. The molecule has 1 atom stereocenters. The number of hydrogen-bond donors (Lipinski definition) is 3. The van der Waals surface area contributed by atoms with E-state index in [2.05, 4.69) is 56.2 Å². The Labute approximate surface area is 200 Å². The van der Waals surface area contributed by atoms with Crippen LogP contribution in [-0.4, -0.2) is 56.5 Å². The predicted octanol–water partition coefficient (Wildman–Crippen LogP) is 3.49. The summed E-state index contributed by atoms with van der Waals surface area (Å²) >= 11 is 1.46. The molecule has 1 fully saturated rings. The van der Waals surface area contributed by atoms with E-state index >= 15 is 0 Å². The lowest BCUT2D eigenvalue weighted by molar-refractivity contribution is 0.0957. The Morgan fingerprint density at radius 1 is 1.07 bits per heavy atom. The third-order valence-corrected chi connectivity index (χ3v) is 6.00. The summed E-state index contributed by atoms with van der Waals surface area (Å²) in [6.45, 7) is 4.51. The van der Waals surface area contributed by atoms with Gasteiger partial charge >= 0.3 is 0 Å². The van der Waals surface area contributed by atoms with Crippen LogP contribution in [0.15, 0.2) is 52.8 Å². The molecule has 1 aromatic carbocycles. The fourth-order valence-electron chi connectivity index (χ4n) is 3.59. The molecule has 1 aromatic heterocycles. The van der Waals surface area contributed by atoms with E-state index in [0.717, 1.165) is 43.4 Å². The quantitative estimate of drug-likeness (QED) is 0.197. The number of likely N-dealkylation sites (tertiary alicyclic amines) is 1. The summed E-state index contributed by atoms with van der Waals surface area (Å²) in [4.78, 5) is 19.6. The van der Waals surface area contributed by atoms with E-state index in [1.54, 1.807) is 7.05 Å². The largest absolute Gasteiger partial charge is 0.356 e. The number of carbonyl (C=O) groups is 1. The minimum absolute atomic E-state index is 0. The van der Waals surface area contributed by atoms with Crippen LogP contribution in [0, 0.1) is 0 Å². The third kappa shape index (κ3) is 7.55. The summed E-state index contributed by atoms with van der Waals surface area (Å²) in [6.07, 6.45) is 3.38. The molecule has 0 spiro atoms. The van der Waals surface area contributed by atoms with Crippen molar-refractivity contribution < 1.29 is 4.79 Å². The Kier molecular flexibility index (Phi) is 11.2. The summed E-state index contributed by atoms with van der Waals surface area (Å²) in [5.74, 6) is 0.800. The van der Waals surface area contributed by atoms with Crippen molar-refractivity contribution in [2.75, 3.05) is 39.8 Å². The maximum absolute atomic E-state index is 11.9. The maximum Gasteiger partial charge on any atom is 0.261 e. The van der Waals surface area contributed by atoms with E-state index < -0.39 is 0 Å². The standard InChI is InChI=1S/C22H31N5OS.HI/c1-23-22(25-13-8-12-24-21(28)20-11-7-16-29-20)26-17-19(27-14-5-6-15-27)18-9-3-2-4-10-18;/h2-4,7,9-11,16,19H,5-6,8,12-15,17H2,1H3,(H,24,28)(H2,23,25,26);1H. The van der Waals surface area contributed by atoms with Crippen LogP contribution in [0.5, 0.6) is 0 Å². The Morgan fingerprint density at radius 2 is 1.80 bits per heavy atom. The Balaban J connectivity index is 0.00000320. The first kappa shape index (κ1) is 24.6. The zero-order valence-electron chi connectivity index (χ0n) is 17.5. The minimum Gasteiger partial charge on any atom is -0.356 e. The first-order chi connectivity index (χ1) is 14.3. The van der Waals surface area contributed by atoms with Gasteiger partial charge in [-0.1, -0.05) is 36.4 Å². The van der Waals surface area contributed by atoms with Crippen LogP contribution in [0.4, 0.5) is 0 Å². The zero-order chi connectivity index (χ0) is 20.3. The first-order valence-corrected chi connectivity index (χ1v) is 11.2. The highest BCUT2D eigenvalue weighted by Gasteiger charge is 2.23. The number of aliphatic imine (C=N–C) groups is 1. The number of rotatable bonds is 9. The minimum atomic E-state index is -0.00109. The van der Waals surface area contributed by atoms with Crippen molar-refractivity contribution in [3.05, 3.63) is 58.3 Å². The molecule has 0 radical (unpaired) electrons. The SMILES string of the molecule is CN=C(NCCCNC(=O)c1cccs1)NCC(c1ccccc1)N1CCCC1.I. The van der Waals surface area contributed by atoms with Crippen LogP contribution in [0.1, 0.15) is 40.5 Å². The van der Waals surface area contributed by atoms with Crippen molar-refractivity contribution in [2.24, 2.45) is 4.99 Å². The van der Waals surface area contributed by atoms with Gasteiger partial charge in [0, 0.05) is 26.7 Å². The second kappa shape index (κ2) is 13.6. The summed E-state index contributed by atoms with van der Waals surface area (Å²) in [7, 11) is 1.79. The Hall–Kier alpha value is -1.65. The van der Waals surface area contributed by atoms with Crippen molar-refractivity contribution >= 4 is 47.2 Å². The average molecular weight is 542 g/mol. The molecule has 0 saturated carbocycles. The third-order valence-electron chi connectivity index (χ3n) is 5.13. The Bertz CT molecular complexity index is 763. The van der Waals surface area contributed by atoms with Crippen LogP contribution < -0.4 is 16.0 Å². The van der Waals surface area contributed by atoms with E-state index in [0.29, 0.717) is 12.6 Å². The van der Waals surface area contributed by atoms with E-state index in [9.17, 15) is 4.79 Å². The molecule has 1 saturated heterocycles. The lowest BCUT2D eigenvalue weighted by Gasteiger charge is -2.29. The highest BCUT2D eigenvalue weighted by molar-refractivity contribution is 14.0. The molecular weight excluding hydrogens is 509 g/mol. The van der Waals surface area contributed by atoms with Crippen molar-refractivity contribution in [1.29, 1.82) is 0 Å². The van der Waals surface area contributed by atoms with Crippen LogP contribution >= 0.6 is 35.3 Å². The fourth-order valence-corrected chi connectivity index (χ4v) is 4.23. The van der Waals surface area contributed by atoms with Gasteiger partial charge in [-0.3, -0.25) is 14.7 Å². The van der Waals surface area contributed by atoms with Gasteiger partial charge in [0.25, 0.3) is 5.91 Å². The number of nitrogens with zero attached hydrogens (tertiary/aromatic N) is 2. The molecule has 1 unspecified atom stereocenters. The molecular formula is C22H32IN5OS. The highest BCUT2D eigenvalue weighted by atomic mass is 127. The number of nitrogens with one attached hydrogen (secondary N) is 3. The summed E-state index contributed by atoms with van der Waals surface area (Å²) in [6, 6.07) is 14.8. The lowest BCUT2D eigenvalue weighted by atomic mass is 10.1. The maximum atomic E-state index is 11.9. The number of benzene rings is 1. The van der Waals surface area contributed by atoms with Gasteiger partial charge in [0.1, 0.15) is 0 Å². The number of thiophene rings is 1. The second-order valence-corrected chi connectivity index (χ2v) is 8.08. The smallest absolute Gasteiger partial charge is 0.261 e. The topological polar surface area (TPSA) is 68.8 Å². The molecule has 3 rings (SSSR count). The van der Waals surface area contributed by atoms with Crippen LogP contribution in [0.25, 0.3) is 0 Å². The molecule has 6 nitrogen and oxygen atoms in total. The molecule has 1 aliphatic rings. The summed E-state index contributed by atoms with van der Waals surface area (Å²) in [5, 5.41) is 11.7. The van der Waals surface area contributed by atoms with Crippen LogP contribution in [0.2, 0.25) is 0 Å². The summed E-state index contributed by atoms with van der Waals surface area (Å²) in [5.41, 5.74) is 1.34. The number of amides is 1. The second-order valence-electron chi connectivity index (χ2n) is 7.14. The first-order valence-electron chi connectivity index (χ1n) is 10.3. The van der Waals surface area contributed by atoms with Gasteiger partial charge in [-0.2, -0.15) is 0 Å². The van der Waals surface area contributed by atoms with Crippen molar-refractivity contribution in [3.63, 3.8) is 0 Å². The molecule has 0 aliphatic carbocycles. The van der Waals surface area contributed by atoms with Gasteiger partial charge in [0.2, 0.25) is 0 Å². The molecule has 164 valence electrons. The number of carbonyl (C=O) groups excluding carboxylic acids is 1. The normalized spacial score (nSPS) is 15.3. The van der Waals surface area contributed by atoms with Crippen LogP contribution in [-0.2, 0) is 0 Å². The molecule has 30 heavy (non-hydrogen) atoms. The molecule has 8 heteroatoms. The molecule has 2 aromatic rings. The van der Waals surface area contributed by atoms with Crippen molar-refractivity contribution in [2.45, 2.75) is 25.3 Å². The fraction of sp³-hybridized carbons (Fsp3) is 0.455. The molecule has 2 heterocycles.